The lowest BCUT2D eigenvalue weighted by atomic mass is 10.1. The summed E-state index contributed by atoms with van der Waals surface area (Å²) in [6.45, 7) is 0. The Morgan fingerprint density at radius 1 is 0.545 bits per heavy atom. The Kier molecular flexibility index (Phi) is 5.86. The molecule has 0 aliphatic carbocycles. The molecule has 0 amide bonds. The molecule has 0 radical (unpaired) electrons. The first kappa shape index (κ1) is 25.3. The molecule has 8 aromatic rings. The van der Waals surface area contributed by atoms with Gasteiger partial charge < -0.3 is 9.88 Å². The van der Waals surface area contributed by atoms with E-state index in [-0.39, 0.29) is 12.3 Å². The predicted octanol–water partition coefficient (Wildman–Crippen LogP) is 9.49. The molecule has 0 fully saturated rings. The van der Waals surface area contributed by atoms with E-state index in [1.54, 1.807) is 0 Å². The van der Waals surface area contributed by atoms with Gasteiger partial charge in [-0.05, 0) is 47.5 Å². The second-order valence-electron chi connectivity index (χ2n) is 11.3. The number of aromatic nitrogens is 1. The van der Waals surface area contributed by atoms with E-state index in [1.165, 1.54) is 47.5 Å². The minimum Gasteiger partial charge on any atom is -0.350 e. The van der Waals surface area contributed by atoms with E-state index in [0.717, 1.165) is 22.6 Å². The highest BCUT2D eigenvalue weighted by molar-refractivity contribution is 7.25. The Hall–Kier alpha value is -5.23. The maximum absolute atomic E-state index is 5.20. The first-order chi connectivity index (χ1) is 21.8. The van der Waals surface area contributed by atoms with Crippen LogP contribution >= 0.6 is 11.3 Å². The van der Waals surface area contributed by atoms with Crippen LogP contribution in [-0.4, -0.2) is 10.4 Å². The monoisotopic (exact) mass is 584 g/mol. The number of para-hydroxylation sites is 1. The molecule has 1 aliphatic rings. The minimum absolute atomic E-state index is 0.0778. The maximum Gasteiger partial charge on any atom is 0.131 e. The number of aliphatic imine (C=N–C) groups is 1. The molecule has 6 aromatic carbocycles. The average Bonchev–Trinajstić information content (AvgIpc) is 3.62. The highest BCUT2D eigenvalue weighted by atomic mass is 32.1. The standard InChI is InChI=1S/C39H28N4S/c1-3-12-25(13-4-1)37-40-38(26-14-5-2-6-15-26)42-39(41-37)27-16-11-17-28(22-27)43-33-20-9-7-18-29(33)31-24-36-32(23-34(31)43)30-19-8-10-21-35(30)44-36/h1-24,37-38,40H,(H,41,42). The zero-order valence-corrected chi connectivity index (χ0v) is 24.6. The molecule has 2 N–H and O–H groups in total. The quantitative estimate of drug-likeness (QED) is 0.216. The van der Waals surface area contributed by atoms with Gasteiger partial charge in [0.05, 0.1) is 11.0 Å². The molecule has 44 heavy (non-hydrogen) atoms. The van der Waals surface area contributed by atoms with Crippen molar-refractivity contribution >= 4 is 59.2 Å². The summed E-state index contributed by atoms with van der Waals surface area (Å²) in [5.41, 5.74) is 6.89. The van der Waals surface area contributed by atoms with Crippen LogP contribution in [0.2, 0.25) is 0 Å². The Morgan fingerprint density at radius 3 is 2.11 bits per heavy atom. The Labute approximate surface area is 258 Å². The number of benzene rings is 6. The van der Waals surface area contributed by atoms with Crippen molar-refractivity contribution in [2.24, 2.45) is 4.99 Å². The van der Waals surface area contributed by atoms with Gasteiger partial charge in [0.15, 0.2) is 0 Å². The molecular formula is C39H28N4S. The molecule has 2 atom stereocenters. The lowest BCUT2D eigenvalue weighted by Crippen LogP contribution is -2.44. The van der Waals surface area contributed by atoms with Crippen LogP contribution < -0.4 is 10.6 Å². The predicted molar refractivity (Wildman–Crippen MR) is 185 cm³/mol. The summed E-state index contributed by atoms with van der Waals surface area (Å²) < 4.78 is 5.05. The van der Waals surface area contributed by atoms with Crippen molar-refractivity contribution in [2.45, 2.75) is 12.3 Å². The van der Waals surface area contributed by atoms with Gasteiger partial charge in [0, 0.05) is 42.2 Å². The number of fused-ring (bicyclic) bond motifs is 6. The molecule has 210 valence electrons. The molecular weight excluding hydrogens is 557 g/mol. The van der Waals surface area contributed by atoms with E-state index in [2.05, 4.69) is 155 Å². The summed E-state index contributed by atoms with van der Waals surface area (Å²) in [4.78, 5) is 5.20. The number of hydrogen-bond acceptors (Lipinski definition) is 4. The van der Waals surface area contributed by atoms with E-state index in [4.69, 9.17) is 4.99 Å². The second kappa shape index (κ2) is 10.2. The fraction of sp³-hybridized carbons (Fsp3) is 0.0513. The van der Waals surface area contributed by atoms with Crippen LogP contribution in [0.1, 0.15) is 29.0 Å². The van der Waals surface area contributed by atoms with E-state index in [0.29, 0.717) is 0 Å². The van der Waals surface area contributed by atoms with Gasteiger partial charge >= 0.3 is 0 Å². The van der Waals surface area contributed by atoms with Crippen molar-refractivity contribution in [2.75, 3.05) is 0 Å². The van der Waals surface area contributed by atoms with Gasteiger partial charge in [0.2, 0.25) is 0 Å². The van der Waals surface area contributed by atoms with Gasteiger partial charge in [-0.15, -0.1) is 11.3 Å². The smallest absolute Gasteiger partial charge is 0.131 e. The first-order valence-corrected chi connectivity index (χ1v) is 15.8. The Morgan fingerprint density at radius 2 is 1.27 bits per heavy atom. The van der Waals surface area contributed by atoms with E-state index >= 15 is 0 Å². The number of amidine groups is 1. The fourth-order valence-corrected chi connectivity index (χ4v) is 7.71. The van der Waals surface area contributed by atoms with E-state index < -0.39 is 0 Å². The van der Waals surface area contributed by atoms with Crippen molar-refractivity contribution in [3.05, 3.63) is 162 Å². The largest absolute Gasteiger partial charge is 0.350 e. The van der Waals surface area contributed by atoms with Crippen molar-refractivity contribution in [1.82, 2.24) is 15.2 Å². The van der Waals surface area contributed by atoms with Crippen LogP contribution in [0.5, 0.6) is 0 Å². The van der Waals surface area contributed by atoms with Gasteiger partial charge in [-0.25, -0.2) is 4.99 Å². The van der Waals surface area contributed by atoms with Crippen LogP contribution in [0.25, 0.3) is 47.7 Å². The molecule has 0 saturated heterocycles. The molecule has 1 aliphatic heterocycles. The van der Waals surface area contributed by atoms with Crippen molar-refractivity contribution < 1.29 is 0 Å². The van der Waals surface area contributed by atoms with E-state index in [1.807, 2.05) is 17.4 Å². The van der Waals surface area contributed by atoms with Gasteiger partial charge in [-0.3, -0.25) is 5.32 Å². The molecule has 2 aromatic heterocycles. The maximum atomic E-state index is 5.20. The Bertz CT molecular complexity index is 2350. The summed E-state index contributed by atoms with van der Waals surface area (Å²) in [6, 6.07) is 52.0. The minimum atomic E-state index is -0.172. The highest BCUT2D eigenvalue weighted by Crippen LogP contribution is 2.40. The third-order valence-corrected chi connectivity index (χ3v) is 9.79. The number of hydrogen-bond donors (Lipinski definition) is 2. The molecule has 3 heterocycles. The molecule has 0 bridgehead atoms. The van der Waals surface area contributed by atoms with Crippen molar-refractivity contribution in [3.63, 3.8) is 0 Å². The highest BCUT2D eigenvalue weighted by Gasteiger charge is 2.25. The Balaban J connectivity index is 1.22. The number of thiophene rings is 1. The summed E-state index contributed by atoms with van der Waals surface area (Å²) in [5.74, 6) is 0.875. The van der Waals surface area contributed by atoms with Crippen LogP contribution in [0.15, 0.2) is 151 Å². The summed E-state index contributed by atoms with van der Waals surface area (Å²) in [7, 11) is 0. The lowest BCUT2D eigenvalue weighted by Gasteiger charge is -2.32. The van der Waals surface area contributed by atoms with Crippen LogP contribution in [-0.2, 0) is 0 Å². The summed E-state index contributed by atoms with van der Waals surface area (Å²) in [6.07, 6.45) is -0.249. The number of nitrogens with zero attached hydrogens (tertiary/aromatic N) is 2. The zero-order chi connectivity index (χ0) is 29.0. The van der Waals surface area contributed by atoms with Crippen LogP contribution in [0.3, 0.4) is 0 Å². The van der Waals surface area contributed by atoms with Crippen LogP contribution in [0, 0.1) is 0 Å². The normalized spacial score (nSPS) is 16.9. The third kappa shape index (κ3) is 4.13. The van der Waals surface area contributed by atoms with Crippen molar-refractivity contribution in [1.29, 1.82) is 0 Å². The topological polar surface area (TPSA) is 41.4 Å². The summed E-state index contributed by atoms with van der Waals surface area (Å²) >= 11 is 1.87. The molecule has 9 rings (SSSR count). The molecule has 2 unspecified atom stereocenters. The molecule has 0 saturated carbocycles. The number of rotatable bonds is 4. The van der Waals surface area contributed by atoms with E-state index in [9.17, 15) is 0 Å². The fourth-order valence-electron chi connectivity index (χ4n) is 6.59. The lowest BCUT2D eigenvalue weighted by molar-refractivity contribution is 0.409. The van der Waals surface area contributed by atoms with Crippen LogP contribution in [0.4, 0.5) is 0 Å². The molecule has 4 nitrogen and oxygen atoms in total. The molecule has 5 heteroatoms. The van der Waals surface area contributed by atoms with Crippen molar-refractivity contribution in [3.8, 4) is 5.69 Å². The summed E-state index contributed by atoms with van der Waals surface area (Å²) in [5, 5.41) is 12.6. The van der Waals surface area contributed by atoms with Gasteiger partial charge in [-0.1, -0.05) is 109 Å². The SMILES string of the molecule is c1ccc(C2N=C(c3cccc(-n4c5ccccc5c5cc6sc7ccccc7c6cc54)c3)NC(c3ccccc3)N2)cc1. The average molecular weight is 585 g/mol. The second-order valence-corrected chi connectivity index (χ2v) is 12.4. The van der Waals surface area contributed by atoms with Gasteiger partial charge in [0.1, 0.15) is 18.2 Å². The zero-order valence-electron chi connectivity index (χ0n) is 23.8. The first-order valence-electron chi connectivity index (χ1n) is 15.0. The van der Waals surface area contributed by atoms with Gasteiger partial charge in [-0.2, -0.15) is 0 Å². The third-order valence-electron chi connectivity index (χ3n) is 8.66. The number of nitrogens with one attached hydrogen (secondary N) is 2. The van der Waals surface area contributed by atoms with Gasteiger partial charge in [0.25, 0.3) is 0 Å². The molecule has 0 spiro atoms.